The van der Waals surface area contributed by atoms with Crippen molar-refractivity contribution in [2.24, 2.45) is 13.0 Å². The minimum absolute atomic E-state index is 0.291. The van der Waals surface area contributed by atoms with E-state index in [1.54, 1.807) is 0 Å². The van der Waals surface area contributed by atoms with Crippen molar-refractivity contribution < 1.29 is 0 Å². The molecule has 1 unspecified atom stereocenters. The van der Waals surface area contributed by atoms with E-state index in [2.05, 4.69) is 55.0 Å². The second-order valence-electron chi connectivity index (χ2n) is 6.59. The van der Waals surface area contributed by atoms with Crippen LogP contribution >= 0.6 is 0 Å². The number of aryl methyl sites for hydroxylation is 1. The summed E-state index contributed by atoms with van der Waals surface area (Å²) >= 11 is 0. The van der Waals surface area contributed by atoms with Gasteiger partial charge in [-0.1, -0.05) is 31.4 Å². The van der Waals surface area contributed by atoms with Crippen molar-refractivity contribution >= 4 is 11.0 Å². The van der Waals surface area contributed by atoms with Crippen molar-refractivity contribution in [3.8, 4) is 0 Å². The summed E-state index contributed by atoms with van der Waals surface area (Å²) in [6.45, 7) is 4.58. The van der Waals surface area contributed by atoms with Gasteiger partial charge in [0.25, 0.3) is 0 Å². The van der Waals surface area contributed by atoms with Crippen molar-refractivity contribution in [1.82, 2.24) is 14.9 Å². The van der Waals surface area contributed by atoms with Gasteiger partial charge in [0.15, 0.2) is 0 Å². The Labute approximate surface area is 127 Å². The summed E-state index contributed by atoms with van der Waals surface area (Å²) in [5.41, 5.74) is 2.31. The predicted octanol–water partition coefficient (Wildman–Crippen LogP) is 4.19. The second kappa shape index (κ2) is 6.18. The third kappa shape index (κ3) is 2.98. The van der Waals surface area contributed by atoms with Gasteiger partial charge in [-0.25, -0.2) is 4.98 Å². The minimum atomic E-state index is 0.291. The zero-order chi connectivity index (χ0) is 14.8. The Bertz CT molecular complexity index is 596. The number of aromatic nitrogens is 2. The normalized spacial score (nSPS) is 19.8. The predicted molar refractivity (Wildman–Crippen MR) is 88.3 cm³/mol. The summed E-state index contributed by atoms with van der Waals surface area (Å²) in [5.74, 6) is 1.97. The highest BCUT2D eigenvalue weighted by Gasteiger charge is 2.23. The minimum Gasteiger partial charge on any atom is -0.330 e. The van der Waals surface area contributed by atoms with Crippen LogP contribution in [-0.4, -0.2) is 15.6 Å². The molecule has 3 rings (SSSR count). The summed E-state index contributed by atoms with van der Waals surface area (Å²) in [5, 5.41) is 3.78. The van der Waals surface area contributed by atoms with E-state index in [1.165, 1.54) is 37.6 Å². The van der Waals surface area contributed by atoms with Crippen molar-refractivity contribution in [1.29, 1.82) is 0 Å². The Hall–Kier alpha value is -1.35. The van der Waals surface area contributed by atoms with E-state index in [1.807, 2.05) is 0 Å². The molecule has 3 heteroatoms. The van der Waals surface area contributed by atoms with Gasteiger partial charge in [0.05, 0.1) is 17.1 Å². The molecule has 1 N–H and O–H groups in total. The van der Waals surface area contributed by atoms with Crippen LogP contribution in [0.4, 0.5) is 0 Å². The van der Waals surface area contributed by atoms with Gasteiger partial charge in [0.2, 0.25) is 0 Å². The molecule has 0 saturated heterocycles. The number of imidazole rings is 1. The average Bonchev–Trinajstić information content (AvgIpc) is 2.86. The van der Waals surface area contributed by atoms with Crippen molar-refractivity contribution in [2.45, 2.75) is 58.0 Å². The van der Waals surface area contributed by atoms with Crippen LogP contribution in [0, 0.1) is 5.92 Å². The summed E-state index contributed by atoms with van der Waals surface area (Å²) in [4.78, 5) is 4.81. The topological polar surface area (TPSA) is 29.9 Å². The van der Waals surface area contributed by atoms with E-state index in [0.29, 0.717) is 12.1 Å². The molecular formula is C18H27N3. The van der Waals surface area contributed by atoms with Crippen molar-refractivity contribution in [3.05, 3.63) is 30.1 Å². The molecule has 0 aliphatic heterocycles. The fourth-order valence-corrected chi connectivity index (χ4v) is 3.79. The number of hydrogen-bond acceptors (Lipinski definition) is 2. The SMILES string of the molecule is CC(N[C@H](C)C1CCCCC1)c1nc2ccccc2n1C. The lowest BCUT2D eigenvalue weighted by Crippen LogP contribution is -2.37. The van der Waals surface area contributed by atoms with E-state index in [9.17, 15) is 0 Å². The summed E-state index contributed by atoms with van der Waals surface area (Å²) in [6, 6.07) is 9.23. The van der Waals surface area contributed by atoms with Gasteiger partial charge in [0, 0.05) is 13.1 Å². The van der Waals surface area contributed by atoms with Crippen LogP contribution in [-0.2, 0) is 7.05 Å². The van der Waals surface area contributed by atoms with E-state index in [4.69, 9.17) is 4.98 Å². The Morgan fingerprint density at radius 2 is 1.86 bits per heavy atom. The molecule has 21 heavy (non-hydrogen) atoms. The molecule has 114 valence electrons. The maximum absolute atomic E-state index is 4.81. The van der Waals surface area contributed by atoms with Crippen LogP contribution in [0.2, 0.25) is 0 Å². The number of hydrogen-bond donors (Lipinski definition) is 1. The van der Waals surface area contributed by atoms with Gasteiger partial charge in [-0.2, -0.15) is 0 Å². The molecule has 1 fully saturated rings. The Balaban J connectivity index is 1.74. The molecule has 1 aromatic heterocycles. The van der Waals surface area contributed by atoms with Crippen molar-refractivity contribution in [3.63, 3.8) is 0 Å². The average molecular weight is 285 g/mol. The van der Waals surface area contributed by atoms with E-state index in [0.717, 1.165) is 17.3 Å². The number of benzene rings is 1. The fourth-order valence-electron chi connectivity index (χ4n) is 3.79. The monoisotopic (exact) mass is 285 g/mol. The van der Waals surface area contributed by atoms with Crippen LogP contribution in [0.5, 0.6) is 0 Å². The van der Waals surface area contributed by atoms with Gasteiger partial charge in [-0.3, -0.25) is 0 Å². The lowest BCUT2D eigenvalue weighted by atomic mass is 9.84. The molecule has 2 aromatic rings. The van der Waals surface area contributed by atoms with E-state index in [-0.39, 0.29) is 0 Å². The van der Waals surface area contributed by atoms with E-state index >= 15 is 0 Å². The van der Waals surface area contributed by atoms with Gasteiger partial charge in [0.1, 0.15) is 5.82 Å². The van der Waals surface area contributed by atoms with Gasteiger partial charge < -0.3 is 9.88 Å². The maximum atomic E-state index is 4.81. The smallest absolute Gasteiger partial charge is 0.126 e. The van der Waals surface area contributed by atoms with Crippen LogP contribution in [0.1, 0.15) is 57.8 Å². The zero-order valence-electron chi connectivity index (χ0n) is 13.5. The molecule has 2 atom stereocenters. The molecule has 1 aliphatic rings. The quantitative estimate of drug-likeness (QED) is 0.912. The Morgan fingerprint density at radius 3 is 2.57 bits per heavy atom. The summed E-state index contributed by atoms with van der Waals surface area (Å²) < 4.78 is 2.22. The molecule has 0 amide bonds. The van der Waals surface area contributed by atoms with E-state index < -0.39 is 0 Å². The molecule has 0 spiro atoms. The summed E-state index contributed by atoms with van der Waals surface area (Å²) in [6.07, 6.45) is 6.98. The van der Waals surface area contributed by atoms with Crippen LogP contribution < -0.4 is 5.32 Å². The fraction of sp³-hybridized carbons (Fsp3) is 0.611. The molecule has 0 bridgehead atoms. The molecule has 1 aliphatic carbocycles. The molecule has 1 aromatic carbocycles. The van der Waals surface area contributed by atoms with Crippen LogP contribution in [0.25, 0.3) is 11.0 Å². The summed E-state index contributed by atoms with van der Waals surface area (Å²) in [7, 11) is 2.12. The number of para-hydroxylation sites is 2. The Morgan fingerprint density at radius 1 is 1.14 bits per heavy atom. The molecule has 3 nitrogen and oxygen atoms in total. The first kappa shape index (κ1) is 14.6. The lowest BCUT2D eigenvalue weighted by Gasteiger charge is -2.30. The number of rotatable bonds is 4. The number of fused-ring (bicyclic) bond motifs is 1. The molecule has 1 heterocycles. The van der Waals surface area contributed by atoms with Crippen molar-refractivity contribution in [2.75, 3.05) is 0 Å². The third-order valence-corrected chi connectivity index (χ3v) is 5.08. The van der Waals surface area contributed by atoms with Gasteiger partial charge in [-0.15, -0.1) is 0 Å². The first-order chi connectivity index (χ1) is 10.2. The highest BCUT2D eigenvalue weighted by atomic mass is 15.1. The first-order valence-electron chi connectivity index (χ1n) is 8.34. The number of nitrogens with zero attached hydrogens (tertiary/aromatic N) is 2. The number of nitrogens with one attached hydrogen (secondary N) is 1. The van der Waals surface area contributed by atoms with Crippen LogP contribution in [0.3, 0.4) is 0 Å². The standard InChI is InChI=1S/C18H27N3/c1-13(15-9-5-4-6-10-15)19-14(2)18-20-16-11-7-8-12-17(16)21(18)3/h7-8,11-15,19H,4-6,9-10H2,1-3H3/t13-,14?/m1/s1. The first-order valence-corrected chi connectivity index (χ1v) is 8.34. The highest BCUT2D eigenvalue weighted by Crippen LogP contribution is 2.28. The second-order valence-corrected chi connectivity index (χ2v) is 6.59. The maximum Gasteiger partial charge on any atom is 0.126 e. The largest absolute Gasteiger partial charge is 0.330 e. The lowest BCUT2D eigenvalue weighted by molar-refractivity contribution is 0.265. The van der Waals surface area contributed by atoms with Gasteiger partial charge >= 0.3 is 0 Å². The molecule has 1 saturated carbocycles. The highest BCUT2D eigenvalue weighted by molar-refractivity contribution is 5.75. The Kier molecular flexibility index (Phi) is 4.29. The third-order valence-electron chi connectivity index (χ3n) is 5.08. The zero-order valence-corrected chi connectivity index (χ0v) is 13.5. The molecule has 0 radical (unpaired) electrons. The van der Waals surface area contributed by atoms with Gasteiger partial charge in [-0.05, 0) is 44.7 Å². The van der Waals surface area contributed by atoms with Crippen LogP contribution in [0.15, 0.2) is 24.3 Å². The molecular weight excluding hydrogens is 258 g/mol.